The van der Waals surface area contributed by atoms with Crippen LogP contribution in [0.5, 0.6) is 0 Å². The topological polar surface area (TPSA) is 0 Å². The van der Waals surface area contributed by atoms with E-state index in [9.17, 15) is 0 Å². The molecule has 1 aromatic carbocycles. The molecule has 0 saturated heterocycles. The largest absolute Gasteiger partial charge is 0.139 e. The van der Waals surface area contributed by atoms with E-state index in [2.05, 4.69) is 59.3 Å². The Bertz CT molecular complexity index is 1020. The van der Waals surface area contributed by atoms with Gasteiger partial charge < -0.3 is 0 Å². The molecule has 4 heteroatoms. The minimum absolute atomic E-state index is 1.04. The second-order valence-corrected chi connectivity index (χ2v) is 12.2. The third-order valence-electron chi connectivity index (χ3n) is 5.52. The molecule has 4 aromatic rings. The van der Waals surface area contributed by atoms with Gasteiger partial charge in [-0.15, -0.1) is 34.0 Å². The Morgan fingerprint density at radius 2 is 1.38 bits per heavy atom. The van der Waals surface area contributed by atoms with Crippen LogP contribution in [0, 0.1) is 0 Å². The molecule has 0 radical (unpaired) electrons. The Morgan fingerprint density at radius 3 is 2.14 bits per heavy atom. The summed E-state index contributed by atoms with van der Waals surface area (Å²) in [6.45, 7) is 2.29. The predicted molar refractivity (Wildman–Crippen MR) is 138 cm³/mol. The molecule has 4 rings (SSSR count). The van der Waals surface area contributed by atoms with Crippen molar-refractivity contribution in [2.45, 2.75) is 71.1 Å². The van der Waals surface area contributed by atoms with Crippen molar-refractivity contribution in [1.82, 2.24) is 0 Å². The lowest BCUT2D eigenvalue weighted by Crippen LogP contribution is -1.83. The summed E-state index contributed by atoms with van der Waals surface area (Å²) in [6.07, 6.45) is 13.5. The summed E-state index contributed by atoms with van der Waals surface area (Å²) in [6, 6.07) is 13.6. The van der Waals surface area contributed by atoms with Crippen molar-refractivity contribution >= 4 is 69.4 Å². The normalized spacial score (nSPS) is 11.8. The molecular formula is C25H29BrS3. The minimum Gasteiger partial charge on any atom is -0.139 e. The standard InChI is InChI=1S/C25H29BrS3/c1-2-3-4-5-6-7-8-9-12-18-15-22-23(27-18)16-19(28-22)17-24-25(26)20-13-10-11-14-21(20)29-24/h10-11,13-16H,2-9,12,17H2,1H3. The zero-order chi connectivity index (χ0) is 20.1. The quantitative estimate of drug-likeness (QED) is 0.178. The first-order valence-corrected chi connectivity index (χ1v) is 14.2. The molecule has 0 aliphatic carbocycles. The Morgan fingerprint density at radius 1 is 0.724 bits per heavy atom. The summed E-state index contributed by atoms with van der Waals surface area (Å²) in [5.41, 5.74) is 0. The lowest BCUT2D eigenvalue weighted by Gasteiger charge is -2.00. The van der Waals surface area contributed by atoms with E-state index >= 15 is 0 Å². The van der Waals surface area contributed by atoms with Crippen molar-refractivity contribution in [3.63, 3.8) is 0 Å². The number of benzene rings is 1. The summed E-state index contributed by atoms with van der Waals surface area (Å²) in [5, 5.41) is 1.35. The third-order valence-corrected chi connectivity index (χ3v) is 10.2. The highest BCUT2D eigenvalue weighted by atomic mass is 79.9. The minimum atomic E-state index is 1.04. The Hall–Kier alpha value is -0.680. The fourth-order valence-corrected chi connectivity index (χ4v) is 8.49. The zero-order valence-corrected chi connectivity index (χ0v) is 21.2. The van der Waals surface area contributed by atoms with Gasteiger partial charge in [-0.3, -0.25) is 0 Å². The molecule has 0 amide bonds. The number of hydrogen-bond donors (Lipinski definition) is 0. The van der Waals surface area contributed by atoms with Crippen molar-refractivity contribution in [2.75, 3.05) is 0 Å². The smallest absolute Gasteiger partial charge is 0.0456 e. The van der Waals surface area contributed by atoms with Crippen molar-refractivity contribution in [1.29, 1.82) is 0 Å². The van der Waals surface area contributed by atoms with E-state index < -0.39 is 0 Å². The summed E-state index contributed by atoms with van der Waals surface area (Å²) >= 11 is 9.75. The first-order chi connectivity index (χ1) is 14.2. The molecule has 0 aliphatic rings. The van der Waals surface area contributed by atoms with Gasteiger partial charge in [0.2, 0.25) is 0 Å². The van der Waals surface area contributed by atoms with Crippen LogP contribution in [-0.2, 0) is 12.8 Å². The highest BCUT2D eigenvalue weighted by molar-refractivity contribution is 9.10. The van der Waals surface area contributed by atoms with Gasteiger partial charge in [0, 0.05) is 45.0 Å². The van der Waals surface area contributed by atoms with Crippen LogP contribution in [0.25, 0.3) is 19.5 Å². The van der Waals surface area contributed by atoms with E-state index in [-0.39, 0.29) is 0 Å². The molecule has 154 valence electrons. The summed E-state index contributed by atoms with van der Waals surface area (Å²) in [5.74, 6) is 0. The lowest BCUT2D eigenvalue weighted by molar-refractivity contribution is 0.576. The van der Waals surface area contributed by atoms with Crippen molar-refractivity contribution in [3.05, 3.63) is 55.5 Å². The number of rotatable bonds is 11. The third kappa shape index (κ3) is 5.52. The maximum absolute atomic E-state index is 3.83. The van der Waals surface area contributed by atoms with Crippen LogP contribution < -0.4 is 0 Å². The fourth-order valence-electron chi connectivity index (χ4n) is 3.92. The first kappa shape index (κ1) is 21.5. The second-order valence-electron chi connectivity index (χ2n) is 7.89. The fraction of sp³-hybridized carbons (Fsp3) is 0.440. The maximum Gasteiger partial charge on any atom is 0.0456 e. The SMILES string of the molecule is CCCCCCCCCCc1cc2sc(Cc3sc4ccccc4c3Br)cc2s1. The molecule has 0 saturated carbocycles. The summed E-state index contributed by atoms with van der Waals surface area (Å²) in [7, 11) is 0. The van der Waals surface area contributed by atoms with Gasteiger partial charge in [-0.25, -0.2) is 0 Å². The van der Waals surface area contributed by atoms with Gasteiger partial charge in [0.05, 0.1) is 0 Å². The Balaban J connectivity index is 1.29. The van der Waals surface area contributed by atoms with Crippen molar-refractivity contribution in [3.8, 4) is 0 Å². The second kappa shape index (κ2) is 10.6. The molecule has 0 atom stereocenters. The molecular weight excluding hydrogens is 476 g/mol. The van der Waals surface area contributed by atoms with Gasteiger partial charge in [0.25, 0.3) is 0 Å². The van der Waals surface area contributed by atoms with Crippen LogP contribution in [0.2, 0.25) is 0 Å². The van der Waals surface area contributed by atoms with Crippen LogP contribution in [-0.4, -0.2) is 0 Å². The van der Waals surface area contributed by atoms with Gasteiger partial charge in [-0.05, 0) is 47.0 Å². The number of fused-ring (bicyclic) bond motifs is 2. The monoisotopic (exact) mass is 504 g/mol. The summed E-state index contributed by atoms with van der Waals surface area (Å²) in [4.78, 5) is 4.50. The molecule has 29 heavy (non-hydrogen) atoms. The Labute approximate surface area is 195 Å². The Kier molecular flexibility index (Phi) is 7.85. The molecule has 0 unspecified atom stereocenters. The van der Waals surface area contributed by atoms with Gasteiger partial charge in [-0.2, -0.15) is 0 Å². The van der Waals surface area contributed by atoms with E-state index in [1.807, 2.05) is 34.0 Å². The van der Waals surface area contributed by atoms with E-state index in [0.29, 0.717) is 0 Å². The van der Waals surface area contributed by atoms with Gasteiger partial charge in [0.1, 0.15) is 0 Å². The molecule has 0 N–H and O–H groups in total. The number of aryl methyl sites for hydroxylation is 1. The van der Waals surface area contributed by atoms with Gasteiger partial charge in [-0.1, -0.05) is 70.1 Å². The average molecular weight is 506 g/mol. The van der Waals surface area contributed by atoms with E-state index in [4.69, 9.17) is 0 Å². The number of thiophene rings is 3. The van der Waals surface area contributed by atoms with E-state index in [0.717, 1.165) is 6.42 Å². The highest BCUT2D eigenvalue weighted by Crippen LogP contribution is 2.40. The molecule has 0 aliphatic heterocycles. The van der Waals surface area contributed by atoms with Gasteiger partial charge in [0.15, 0.2) is 0 Å². The first-order valence-electron chi connectivity index (χ1n) is 10.9. The predicted octanol–water partition coefficient (Wildman–Crippen LogP) is 10.2. The van der Waals surface area contributed by atoms with Crippen LogP contribution >= 0.6 is 49.9 Å². The maximum atomic E-state index is 3.83. The molecule has 0 nitrogen and oxygen atoms in total. The molecule has 3 heterocycles. The van der Waals surface area contributed by atoms with E-state index in [1.165, 1.54) is 91.5 Å². The molecule has 0 spiro atoms. The van der Waals surface area contributed by atoms with Crippen LogP contribution in [0.3, 0.4) is 0 Å². The highest BCUT2D eigenvalue weighted by Gasteiger charge is 2.13. The molecule has 3 aromatic heterocycles. The zero-order valence-electron chi connectivity index (χ0n) is 17.1. The van der Waals surface area contributed by atoms with E-state index in [1.54, 1.807) is 4.88 Å². The number of halogens is 1. The van der Waals surface area contributed by atoms with Gasteiger partial charge >= 0.3 is 0 Å². The number of hydrogen-bond acceptors (Lipinski definition) is 3. The van der Waals surface area contributed by atoms with Crippen LogP contribution in [0.4, 0.5) is 0 Å². The van der Waals surface area contributed by atoms with Crippen molar-refractivity contribution in [2.24, 2.45) is 0 Å². The molecule has 0 fully saturated rings. The average Bonchev–Trinajstić information content (AvgIpc) is 3.36. The van der Waals surface area contributed by atoms with Crippen molar-refractivity contribution < 1.29 is 0 Å². The molecule has 0 bridgehead atoms. The summed E-state index contributed by atoms with van der Waals surface area (Å²) < 4.78 is 5.62. The van der Waals surface area contributed by atoms with Crippen LogP contribution in [0.15, 0.2) is 40.9 Å². The lowest BCUT2D eigenvalue weighted by atomic mass is 10.1. The number of unbranched alkanes of at least 4 members (excludes halogenated alkanes) is 7. The van der Waals surface area contributed by atoms with Crippen LogP contribution in [0.1, 0.15) is 72.9 Å².